The van der Waals surface area contributed by atoms with Gasteiger partial charge in [0.05, 0.1) is 6.61 Å². The summed E-state index contributed by atoms with van der Waals surface area (Å²) in [4.78, 5) is 0. The first kappa shape index (κ1) is 16.4. The van der Waals surface area contributed by atoms with Gasteiger partial charge in [-0.15, -0.1) is 0 Å². The van der Waals surface area contributed by atoms with Crippen LogP contribution >= 0.6 is 0 Å². The highest BCUT2D eigenvalue weighted by Gasteiger charge is 2.17. The minimum atomic E-state index is 0.0857. The van der Waals surface area contributed by atoms with Crippen LogP contribution < -0.4 is 4.74 Å². The summed E-state index contributed by atoms with van der Waals surface area (Å²) >= 11 is 0. The smallest absolute Gasteiger partial charge is 0.127 e. The normalized spacial score (nSPS) is 11.1. The van der Waals surface area contributed by atoms with Crippen LogP contribution in [-0.2, 0) is 0 Å². The Morgan fingerprint density at radius 1 is 0.692 bits per heavy atom. The molecule has 26 heavy (non-hydrogen) atoms. The quantitative estimate of drug-likeness (QED) is 0.494. The van der Waals surface area contributed by atoms with Gasteiger partial charge < -0.3 is 14.9 Å². The minimum absolute atomic E-state index is 0.0857. The standard InChI is InChI=1S/C23H20O3/c24-14-5-15-26-21-13-11-17-7-2-4-9-19(17)23(21)22-18-8-3-1-6-16(18)10-12-20(22)25/h1-4,6-13,24-25H,5,14-15H2. The van der Waals surface area contributed by atoms with E-state index in [-0.39, 0.29) is 12.4 Å². The lowest BCUT2D eigenvalue weighted by Gasteiger charge is -2.17. The van der Waals surface area contributed by atoms with Crippen LogP contribution in [0.25, 0.3) is 32.7 Å². The third-order valence-corrected chi connectivity index (χ3v) is 4.61. The van der Waals surface area contributed by atoms with Crippen LogP contribution in [0.3, 0.4) is 0 Å². The van der Waals surface area contributed by atoms with Gasteiger partial charge in [0.2, 0.25) is 0 Å². The average molecular weight is 344 g/mol. The molecule has 0 bridgehead atoms. The van der Waals surface area contributed by atoms with Gasteiger partial charge in [0.25, 0.3) is 0 Å². The van der Waals surface area contributed by atoms with Crippen LogP contribution in [0.5, 0.6) is 11.5 Å². The highest BCUT2D eigenvalue weighted by molar-refractivity contribution is 6.09. The largest absolute Gasteiger partial charge is 0.507 e. The first-order valence-electron chi connectivity index (χ1n) is 8.76. The lowest BCUT2D eigenvalue weighted by molar-refractivity contribution is 0.234. The van der Waals surface area contributed by atoms with Crippen LogP contribution in [0.2, 0.25) is 0 Å². The van der Waals surface area contributed by atoms with Gasteiger partial charge in [-0.2, -0.15) is 0 Å². The van der Waals surface area contributed by atoms with E-state index in [1.165, 1.54) is 0 Å². The van der Waals surface area contributed by atoms with Crippen molar-refractivity contribution in [3.8, 4) is 22.6 Å². The van der Waals surface area contributed by atoms with Crippen molar-refractivity contribution in [3.05, 3.63) is 72.8 Å². The number of aliphatic hydroxyl groups excluding tert-OH is 1. The second-order valence-electron chi connectivity index (χ2n) is 6.27. The van der Waals surface area contributed by atoms with E-state index in [4.69, 9.17) is 9.84 Å². The van der Waals surface area contributed by atoms with E-state index >= 15 is 0 Å². The zero-order valence-corrected chi connectivity index (χ0v) is 14.4. The lowest BCUT2D eigenvalue weighted by Crippen LogP contribution is -2.01. The SMILES string of the molecule is OCCCOc1ccc2ccccc2c1-c1c(O)ccc2ccccc12. The Hall–Kier alpha value is -3.04. The first-order valence-corrected chi connectivity index (χ1v) is 8.76. The molecule has 0 radical (unpaired) electrons. The van der Waals surface area contributed by atoms with Crippen molar-refractivity contribution in [2.24, 2.45) is 0 Å². The summed E-state index contributed by atoms with van der Waals surface area (Å²) in [6, 6.07) is 23.7. The number of fused-ring (bicyclic) bond motifs is 2. The second-order valence-corrected chi connectivity index (χ2v) is 6.27. The first-order chi connectivity index (χ1) is 12.8. The van der Waals surface area contributed by atoms with Crippen molar-refractivity contribution in [2.45, 2.75) is 6.42 Å². The summed E-state index contributed by atoms with van der Waals surface area (Å²) in [7, 11) is 0. The Labute approximate surface area is 152 Å². The maximum Gasteiger partial charge on any atom is 0.127 e. The summed E-state index contributed by atoms with van der Waals surface area (Å²) < 4.78 is 5.97. The number of ether oxygens (including phenoxy) is 1. The van der Waals surface area contributed by atoms with Gasteiger partial charge in [0.1, 0.15) is 11.5 Å². The van der Waals surface area contributed by atoms with Gasteiger partial charge >= 0.3 is 0 Å². The zero-order chi connectivity index (χ0) is 17.9. The fourth-order valence-electron chi connectivity index (χ4n) is 3.40. The molecule has 0 aromatic heterocycles. The average Bonchev–Trinajstić information content (AvgIpc) is 2.68. The summed E-state index contributed by atoms with van der Waals surface area (Å²) in [5, 5.41) is 24.0. The Morgan fingerprint density at radius 2 is 1.31 bits per heavy atom. The number of phenolic OH excluding ortho intramolecular Hbond substituents is 1. The molecule has 130 valence electrons. The number of hydrogen-bond acceptors (Lipinski definition) is 3. The number of aromatic hydroxyl groups is 1. The van der Waals surface area contributed by atoms with Gasteiger partial charge in [-0.05, 0) is 33.7 Å². The van der Waals surface area contributed by atoms with Gasteiger partial charge in [0.15, 0.2) is 0 Å². The number of rotatable bonds is 5. The molecule has 3 heteroatoms. The van der Waals surface area contributed by atoms with E-state index in [1.54, 1.807) is 6.07 Å². The maximum atomic E-state index is 10.7. The number of aliphatic hydroxyl groups is 1. The van der Waals surface area contributed by atoms with Crippen molar-refractivity contribution >= 4 is 21.5 Å². The molecule has 0 amide bonds. The van der Waals surface area contributed by atoms with Crippen LogP contribution in [0.4, 0.5) is 0 Å². The summed E-state index contributed by atoms with van der Waals surface area (Å²) in [5.41, 5.74) is 1.66. The molecule has 3 nitrogen and oxygen atoms in total. The van der Waals surface area contributed by atoms with Gasteiger partial charge in [-0.1, -0.05) is 60.7 Å². The zero-order valence-electron chi connectivity index (χ0n) is 14.4. The fraction of sp³-hybridized carbons (Fsp3) is 0.130. The Bertz CT molecular complexity index is 1070. The monoisotopic (exact) mass is 344 g/mol. The maximum absolute atomic E-state index is 10.7. The molecule has 4 rings (SSSR count). The van der Waals surface area contributed by atoms with Crippen LogP contribution in [0.1, 0.15) is 6.42 Å². The molecule has 0 fully saturated rings. The molecule has 0 atom stereocenters. The summed E-state index contributed by atoms with van der Waals surface area (Å²) in [6.07, 6.45) is 0.563. The molecule has 0 spiro atoms. The van der Waals surface area contributed by atoms with Crippen LogP contribution in [0, 0.1) is 0 Å². The molecule has 0 aliphatic carbocycles. The molecule has 4 aromatic carbocycles. The molecule has 0 saturated carbocycles. The molecule has 0 unspecified atom stereocenters. The van der Waals surface area contributed by atoms with Crippen molar-refractivity contribution in [3.63, 3.8) is 0 Å². The molecular formula is C23H20O3. The Balaban J connectivity index is 2.04. The molecule has 0 aliphatic heterocycles. The van der Waals surface area contributed by atoms with Gasteiger partial charge in [-0.3, -0.25) is 0 Å². The molecule has 2 N–H and O–H groups in total. The van der Waals surface area contributed by atoms with Crippen molar-refractivity contribution in [1.82, 2.24) is 0 Å². The molecule has 4 aromatic rings. The molecule has 0 saturated heterocycles. The number of benzene rings is 4. The Morgan fingerprint density at radius 3 is 2.00 bits per heavy atom. The van der Waals surface area contributed by atoms with E-state index in [0.29, 0.717) is 18.8 Å². The third kappa shape index (κ3) is 2.87. The Kier molecular flexibility index (Phi) is 4.46. The fourth-order valence-corrected chi connectivity index (χ4v) is 3.40. The van der Waals surface area contributed by atoms with Gasteiger partial charge in [0, 0.05) is 24.2 Å². The number of hydrogen-bond donors (Lipinski definition) is 2. The predicted octanol–water partition coefficient (Wildman–Crippen LogP) is 5.13. The van der Waals surface area contributed by atoms with E-state index in [9.17, 15) is 5.11 Å². The summed E-state index contributed by atoms with van der Waals surface area (Å²) in [6.45, 7) is 0.510. The number of phenols is 1. The van der Waals surface area contributed by atoms with Gasteiger partial charge in [-0.25, -0.2) is 0 Å². The molecule has 0 aliphatic rings. The lowest BCUT2D eigenvalue weighted by atomic mass is 9.92. The molecule has 0 heterocycles. The van der Waals surface area contributed by atoms with E-state index in [2.05, 4.69) is 6.07 Å². The van der Waals surface area contributed by atoms with E-state index in [0.717, 1.165) is 32.7 Å². The van der Waals surface area contributed by atoms with E-state index in [1.807, 2.05) is 60.7 Å². The van der Waals surface area contributed by atoms with Crippen molar-refractivity contribution < 1.29 is 14.9 Å². The highest BCUT2D eigenvalue weighted by Crippen LogP contribution is 2.44. The third-order valence-electron chi connectivity index (χ3n) is 4.61. The topological polar surface area (TPSA) is 49.7 Å². The van der Waals surface area contributed by atoms with Crippen molar-refractivity contribution in [2.75, 3.05) is 13.2 Å². The second kappa shape index (κ2) is 7.06. The van der Waals surface area contributed by atoms with Crippen LogP contribution in [-0.4, -0.2) is 23.4 Å². The predicted molar refractivity (Wildman–Crippen MR) is 106 cm³/mol. The highest BCUT2D eigenvalue weighted by atomic mass is 16.5. The minimum Gasteiger partial charge on any atom is -0.507 e. The van der Waals surface area contributed by atoms with Crippen LogP contribution in [0.15, 0.2) is 72.8 Å². The van der Waals surface area contributed by atoms with E-state index < -0.39 is 0 Å². The molecular weight excluding hydrogens is 324 g/mol. The summed E-state index contributed by atoms with van der Waals surface area (Å²) in [5.74, 6) is 0.941. The van der Waals surface area contributed by atoms with Crippen molar-refractivity contribution in [1.29, 1.82) is 0 Å².